The van der Waals surface area contributed by atoms with Gasteiger partial charge in [0.05, 0.1) is 6.42 Å². The van der Waals surface area contributed by atoms with Crippen LogP contribution in [0.1, 0.15) is 53.9 Å². The maximum atomic E-state index is 11.6. The molecular weight excluding hydrogens is 256 g/mol. The Hall–Kier alpha value is -1.10. The van der Waals surface area contributed by atoms with E-state index in [-0.39, 0.29) is 24.7 Å². The predicted molar refractivity (Wildman–Crippen MR) is 80.5 cm³/mol. The topological polar surface area (TPSA) is 58.6 Å². The second kappa shape index (κ2) is 9.75. The Morgan fingerprint density at radius 2 is 1.70 bits per heavy atom. The molecule has 1 N–H and O–H groups in total. The molecule has 0 bridgehead atoms. The zero-order chi connectivity index (χ0) is 15.6. The Balaban J connectivity index is 3.67. The van der Waals surface area contributed by atoms with E-state index in [1.54, 1.807) is 0 Å². The highest BCUT2D eigenvalue weighted by atomic mass is 16.6. The summed E-state index contributed by atoms with van der Waals surface area (Å²) in [5, 5.41) is 2.83. The van der Waals surface area contributed by atoms with E-state index >= 15 is 0 Å². The molecule has 5 heteroatoms. The fourth-order valence-corrected chi connectivity index (χ4v) is 1.77. The first-order chi connectivity index (χ1) is 9.28. The van der Waals surface area contributed by atoms with Gasteiger partial charge in [-0.15, -0.1) is 0 Å². The lowest BCUT2D eigenvalue weighted by molar-refractivity contribution is -0.155. The minimum Gasteiger partial charge on any atom is -0.460 e. The SMILES string of the molecule is CCN(CC)CCCNC(=O)CCC(=O)OC(C)(C)C. The van der Waals surface area contributed by atoms with E-state index in [4.69, 9.17) is 4.74 Å². The van der Waals surface area contributed by atoms with Crippen molar-refractivity contribution in [3.8, 4) is 0 Å². The number of amides is 1. The molecule has 0 aliphatic heterocycles. The summed E-state index contributed by atoms with van der Waals surface area (Å²) in [6.07, 6.45) is 1.26. The molecule has 0 rings (SSSR count). The van der Waals surface area contributed by atoms with Crippen molar-refractivity contribution in [3.63, 3.8) is 0 Å². The monoisotopic (exact) mass is 286 g/mol. The minimum absolute atomic E-state index is 0.0876. The summed E-state index contributed by atoms with van der Waals surface area (Å²) in [7, 11) is 0. The Kier molecular flexibility index (Phi) is 9.21. The van der Waals surface area contributed by atoms with E-state index in [0.29, 0.717) is 6.54 Å². The van der Waals surface area contributed by atoms with Crippen LogP contribution in [0.4, 0.5) is 0 Å². The molecule has 0 saturated carbocycles. The molecule has 0 atom stereocenters. The maximum Gasteiger partial charge on any atom is 0.306 e. The third kappa shape index (κ3) is 10.8. The summed E-state index contributed by atoms with van der Waals surface area (Å²) in [4.78, 5) is 25.3. The third-order valence-electron chi connectivity index (χ3n) is 2.84. The van der Waals surface area contributed by atoms with Gasteiger partial charge in [-0.1, -0.05) is 13.8 Å². The van der Waals surface area contributed by atoms with Crippen molar-refractivity contribution < 1.29 is 14.3 Å². The van der Waals surface area contributed by atoms with Gasteiger partial charge in [0.15, 0.2) is 0 Å². The van der Waals surface area contributed by atoms with Crippen LogP contribution in [-0.2, 0) is 14.3 Å². The second-order valence-corrected chi connectivity index (χ2v) is 5.82. The second-order valence-electron chi connectivity index (χ2n) is 5.82. The Morgan fingerprint density at radius 3 is 2.20 bits per heavy atom. The van der Waals surface area contributed by atoms with E-state index in [1.807, 2.05) is 20.8 Å². The van der Waals surface area contributed by atoms with Crippen LogP contribution >= 0.6 is 0 Å². The quantitative estimate of drug-likeness (QED) is 0.520. The number of nitrogens with zero attached hydrogens (tertiary/aromatic N) is 1. The molecule has 0 heterocycles. The van der Waals surface area contributed by atoms with Crippen molar-refractivity contribution in [2.75, 3.05) is 26.2 Å². The van der Waals surface area contributed by atoms with Crippen LogP contribution in [0.25, 0.3) is 0 Å². The Bertz CT molecular complexity index is 294. The van der Waals surface area contributed by atoms with Gasteiger partial charge < -0.3 is 15.0 Å². The number of rotatable bonds is 9. The van der Waals surface area contributed by atoms with Gasteiger partial charge >= 0.3 is 5.97 Å². The molecule has 0 unspecified atom stereocenters. The molecule has 0 aliphatic rings. The van der Waals surface area contributed by atoms with Gasteiger partial charge in [-0.3, -0.25) is 9.59 Å². The highest BCUT2D eigenvalue weighted by Crippen LogP contribution is 2.08. The lowest BCUT2D eigenvalue weighted by Crippen LogP contribution is -2.30. The average molecular weight is 286 g/mol. The fourth-order valence-electron chi connectivity index (χ4n) is 1.77. The molecule has 0 aromatic rings. The summed E-state index contributed by atoms with van der Waals surface area (Å²) >= 11 is 0. The minimum atomic E-state index is -0.489. The van der Waals surface area contributed by atoms with E-state index < -0.39 is 5.60 Å². The molecule has 1 amide bonds. The lowest BCUT2D eigenvalue weighted by Gasteiger charge is -2.19. The van der Waals surface area contributed by atoms with Crippen molar-refractivity contribution in [3.05, 3.63) is 0 Å². The van der Waals surface area contributed by atoms with Crippen LogP contribution in [0, 0.1) is 0 Å². The number of ether oxygens (including phenoxy) is 1. The van der Waals surface area contributed by atoms with E-state index in [9.17, 15) is 9.59 Å². The zero-order valence-electron chi connectivity index (χ0n) is 13.6. The van der Waals surface area contributed by atoms with Crippen molar-refractivity contribution >= 4 is 11.9 Å². The largest absolute Gasteiger partial charge is 0.460 e. The van der Waals surface area contributed by atoms with Crippen LogP contribution < -0.4 is 5.32 Å². The van der Waals surface area contributed by atoms with Crippen LogP contribution in [0.15, 0.2) is 0 Å². The van der Waals surface area contributed by atoms with Gasteiger partial charge in [-0.2, -0.15) is 0 Å². The first-order valence-corrected chi connectivity index (χ1v) is 7.49. The number of carbonyl (C=O) groups excluding carboxylic acids is 2. The Labute approximate surface area is 123 Å². The molecular formula is C15H30N2O3. The molecule has 0 spiro atoms. The number of carbonyl (C=O) groups is 2. The smallest absolute Gasteiger partial charge is 0.306 e. The molecule has 118 valence electrons. The molecule has 0 aromatic heterocycles. The highest BCUT2D eigenvalue weighted by Gasteiger charge is 2.16. The summed E-state index contributed by atoms with van der Waals surface area (Å²) in [6.45, 7) is 13.4. The van der Waals surface area contributed by atoms with Gasteiger partial charge in [-0.05, 0) is 46.8 Å². The normalized spacial score (nSPS) is 11.5. The maximum absolute atomic E-state index is 11.6. The lowest BCUT2D eigenvalue weighted by atomic mass is 10.2. The number of esters is 1. The number of nitrogens with one attached hydrogen (secondary N) is 1. The fraction of sp³-hybridized carbons (Fsp3) is 0.867. The van der Waals surface area contributed by atoms with Crippen LogP contribution in [0.5, 0.6) is 0 Å². The van der Waals surface area contributed by atoms with E-state index in [0.717, 1.165) is 26.1 Å². The van der Waals surface area contributed by atoms with E-state index in [2.05, 4.69) is 24.1 Å². The van der Waals surface area contributed by atoms with Gasteiger partial charge in [0.25, 0.3) is 0 Å². The van der Waals surface area contributed by atoms with Crippen molar-refractivity contribution in [1.82, 2.24) is 10.2 Å². The van der Waals surface area contributed by atoms with Crippen molar-refractivity contribution in [2.24, 2.45) is 0 Å². The van der Waals surface area contributed by atoms with E-state index in [1.165, 1.54) is 0 Å². The van der Waals surface area contributed by atoms with Gasteiger partial charge in [0.2, 0.25) is 5.91 Å². The van der Waals surface area contributed by atoms with Crippen LogP contribution in [-0.4, -0.2) is 48.6 Å². The predicted octanol–water partition coefficient (Wildman–Crippen LogP) is 1.96. The van der Waals surface area contributed by atoms with Gasteiger partial charge in [0, 0.05) is 13.0 Å². The molecule has 0 aliphatic carbocycles. The van der Waals surface area contributed by atoms with Crippen molar-refractivity contribution in [2.45, 2.75) is 59.5 Å². The molecule has 0 fully saturated rings. The number of hydrogen-bond acceptors (Lipinski definition) is 4. The standard InChI is InChI=1S/C15H30N2O3/c1-6-17(7-2)12-8-11-16-13(18)9-10-14(19)20-15(3,4)5/h6-12H2,1-5H3,(H,16,18). The molecule has 0 radical (unpaired) electrons. The zero-order valence-corrected chi connectivity index (χ0v) is 13.6. The third-order valence-corrected chi connectivity index (χ3v) is 2.84. The molecule has 0 aromatic carbocycles. The van der Waals surface area contributed by atoms with Crippen LogP contribution in [0.3, 0.4) is 0 Å². The van der Waals surface area contributed by atoms with Crippen molar-refractivity contribution in [1.29, 1.82) is 0 Å². The summed E-state index contributed by atoms with van der Waals surface area (Å²) in [6, 6.07) is 0. The van der Waals surface area contributed by atoms with Gasteiger partial charge in [0.1, 0.15) is 5.60 Å². The summed E-state index contributed by atoms with van der Waals surface area (Å²) in [5.74, 6) is -0.411. The highest BCUT2D eigenvalue weighted by molar-refractivity contribution is 5.81. The Morgan fingerprint density at radius 1 is 1.10 bits per heavy atom. The molecule has 0 saturated heterocycles. The van der Waals surface area contributed by atoms with Crippen LogP contribution in [0.2, 0.25) is 0 Å². The first-order valence-electron chi connectivity index (χ1n) is 7.49. The first kappa shape index (κ1) is 18.9. The molecule has 5 nitrogen and oxygen atoms in total. The van der Waals surface area contributed by atoms with Gasteiger partial charge in [-0.25, -0.2) is 0 Å². The summed E-state index contributed by atoms with van der Waals surface area (Å²) in [5.41, 5.74) is -0.489. The summed E-state index contributed by atoms with van der Waals surface area (Å²) < 4.78 is 5.15. The molecule has 20 heavy (non-hydrogen) atoms. The average Bonchev–Trinajstić information content (AvgIpc) is 2.34. The number of hydrogen-bond donors (Lipinski definition) is 1.